The normalized spacial score (nSPS) is 11.2. The van der Waals surface area contributed by atoms with Crippen LogP contribution in [-0.4, -0.2) is 37.7 Å². The minimum Gasteiger partial charge on any atom is -0.507 e. The number of benzene rings is 4. The highest BCUT2D eigenvalue weighted by atomic mass is 127. The van der Waals surface area contributed by atoms with Crippen LogP contribution in [-0.2, 0) is 11.3 Å². The smallest absolute Gasteiger partial charge is 0.250 e. The third-order valence-electron chi connectivity index (χ3n) is 5.67. The maximum Gasteiger partial charge on any atom is 0.250 e. The lowest BCUT2D eigenvalue weighted by molar-refractivity contribution is -0.118. The van der Waals surface area contributed by atoms with Gasteiger partial charge in [0.15, 0.2) is 11.0 Å². The number of thioether (sulfide) groups is 1. The lowest BCUT2D eigenvalue weighted by Crippen LogP contribution is -2.20. The molecule has 190 valence electrons. The van der Waals surface area contributed by atoms with E-state index in [0.29, 0.717) is 17.3 Å². The van der Waals surface area contributed by atoms with Gasteiger partial charge in [-0.1, -0.05) is 60.3 Å². The molecule has 1 amide bonds. The third-order valence-corrected chi connectivity index (χ3v) is 7.32. The molecule has 1 aromatic heterocycles. The molecule has 3 N–H and O–H groups in total. The standard InChI is InChI=1S/C28H23IN6O2S/c29-20-11-13-21(14-12-20)30-17-26-32-34-28(35(26)22-7-2-1-3-8-22)38-18-27(37)33-31-16-24-23-9-5-4-6-19(23)10-15-25(24)36/h1-16,30,36H,17-18H2,(H,33,37). The van der Waals surface area contributed by atoms with Crippen LogP contribution in [0, 0.1) is 3.57 Å². The van der Waals surface area contributed by atoms with Gasteiger partial charge in [-0.3, -0.25) is 9.36 Å². The molecule has 0 aliphatic rings. The minimum absolute atomic E-state index is 0.0916. The molecular formula is C28H23IN6O2S. The fourth-order valence-electron chi connectivity index (χ4n) is 3.84. The van der Waals surface area contributed by atoms with Gasteiger partial charge in [0.1, 0.15) is 5.75 Å². The second-order valence-corrected chi connectivity index (χ2v) is 10.4. The highest BCUT2D eigenvalue weighted by Crippen LogP contribution is 2.26. The summed E-state index contributed by atoms with van der Waals surface area (Å²) in [7, 11) is 0. The van der Waals surface area contributed by atoms with E-state index in [1.165, 1.54) is 18.0 Å². The van der Waals surface area contributed by atoms with Crippen LogP contribution in [0.4, 0.5) is 5.69 Å². The number of hydrogen-bond acceptors (Lipinski definition) is 7. The Bertz CT molecular complexity index is 1590. The third kappa shape index (κ3) is 6.14. The van der Waals surface area contributed by atoms with Crippen LogP contribution in [0.2, 0.25) is 0 Å². The summed E-state index contributed by atoms with van der Waals surface area (Å²) < 4.78 is 3.10. The molecule has 5 rings (SSSR count). The molecule has 8 nitrogen and oxygen atoms in total. The van der Waals surface area contributed by atoms with Gasteiger partial charge in [-0.2, -0.15) is 5.10 Å². The number of nitrogens with one attached hydrogen (secondary N) is 2. The molecule has 5 aromatic rings. The number of carbonyl (C=O) groups excluding carboxylic acids is 1. The monoisotopic (exact) mass is 634 g/mol. The van der Waals surface area contributed by atoms with Gasteiger partial charge in [0.05, 0.1) is 18.5 Å². The molecular weight excluding hydrogens is 611 g/mol. The average Bonchev–Trinajstić information content (AvgIpc) is 3.36. The van der Waals surface area contributed by atoms with Crippen molar-refractivity contribution >= 4 is 62.9 Å². The van der Waals surface area contributed by atoms with E-state index in [-0.39, 0.29) is 17.4 Å². The number of hydrogen-bond donors (Lipinski definition) is 3. The Balaban J connectivity index is 1.27. The quantitative estimate of drug-likeness (QED) is 0.0847. The average molecular weight is 635 g/mol. The number of aromatic hydroxyl groups is 1. The number of rotatable bonds is 9. The zero-order valence-corrected chi connectivity index (χ0v) is 23.1. The molecule has 0 saturated heterocycles. The first kappa shape index (κ1) is 25.7. The van der Waals surface area contributed by atoms with Crippen molar-refractivity contribution in [1.82, 2.24) is 20.2 Å². The van der Waals surface area contributed by atoms with Crippen LogP contribution in [0.15, 0.2) is 101 Å². The van der Waals surface area contributed by atoms with Crippen molar-refractivity contribution < 1.29 is 9.90 Å². The van der Waals surface area contributed by atoms with Crippen LogP contribution in [0.3, 0.4) is 0 Å². The van der Waals surface area contributed by atoms with Crippen LogP contribution in [0.25, 0.3) is 16.5 Å². The van der Waals surface area contributed by atoms with Gasteiger partial charge in [0.25, 0.3) is 5.91 Å². The topological polar surface area (TPSA) is 104 Å². The van der Waals surface area contributed by atoms with Crippen molar-refractivity contribution in [3.05, 3.63) is 106 Å². The van der Waals surface area contributed by atoms with Crippen molar-refractivity contribution in [1.29, 1.82) is 0 Å². The van der Waals surface area contributed by atoms with E-state index in [1.807, 2.05) is 89.5 Å². The maximum atomic E-state index is 12.6. The minimum atomic E-state index is -0.299. The predicted octanol–water partition coefficient (Wildman–Crippen LogP) is 5.59. The second-order valence-electron chi connectivity index (χ2n) is 8.23. The van der Waals surface area contributed by atoms with Gasteiger partial charge >= 0.3 is 0 Å². The molecule has 4 aromatic carbocycles. The summed E-state index contributed by atoms with van der Waals surface area (Å²) in [6.07, 6.45) is 1.46. The number of aromatic nitrogens is 3. The number of halogens is 1. The van der Waals surface area contributed by atoms with Gasteiger partial charge in [0.2, 0.25) is 0 Å². The summed E-state index contributed by atoms with van der Waals surface area (Å²) in [5.74, 6) is 0.613. The molecule has 0 saturated carbocycles. The van der Waals surface area contributed by atoms with Crippen LogP contribution in [0.1, 0.15) is 11.4 Å². The fraction of sp³-hybridized carbons (Fsp3) is 0.0714. The Morgan fingerprint density at radius 3 is 2.55 bits per heavy atom. The first-order valence-electron chi connectivity index (χ1n) is 11.7. The molecule has 0 fully saturated rings. The van der Waals surface area contributed by atoms with E-state index in [0.717, 1.165) is 31.5 Å². The summed E-state index contributed by atoms with van der Waals surface area (Å²) in [5, 5.41) is 28.9. The fourth-order valence-corrected chi connectivity index (χ4v) is 4.97. The zero-order chi connectivity index (χ0) is 26.3. The Morgan fingerprint density at radius 2 is 1.74 bits per heavy atom. The van der Waals surface area contributed by atoms with Crippen molar-refractivity contribution in [2.75, 3.05) is 11.1 Å². The van der Waals surface area contributed by atoms with Crippen molar-refractivity contribution in [3.8, 4) is 11.4 Å². The van der Waals surface area contributed by atoms with Crippen molar-refractivity contribution in [2.45, 2.75) is 11.7 Å². The highest BCUT2D eigenvalue weighted by Gasteiger charge is 2.16. The number of nitrogens with zero attached hydrogens (tertiary/aromatic N) is 4. The number of phenolic OH excluding ortho intramolecular Hbond substituents is 1. The van der Waals surface area contributed by atoms with Crippen LogP contribution in [0.5, 0.6) is 5.75 Å². The predicted molar refractivity (Wildman–Crippen MR) is 160 cm³/mol. The Labute approximate surface area is 237 Å². The first-order valence-corrected chi connectivity index (χ1v) is 13.8. The van der Waals surface area contributed by atoms with Gasteiger partial charge in [-0.25, -0.2) is 5.43 Å². The summed E-state index contributed by atoms with van der Waals surface area (Å²) in [6.45, 7) is 0.466. The molecule has 1 heterocycles. The van der Waals surface area contributed by atoms with E-state index in [2.05, 4.69) is 48.6 Å². The van der Waals surface area contributed by atoms with E-state index in [4.69, 9.17) is 0 Å². The van der Waals surface area contributed by atoms with E-state index in [1.54, 1.807) is 6.07 Å². The lowest BCUT2D eigenvalue weighted by atomic mass is 10.0. The molecule has 0 aliphatic carbocycles. The number of anilines is 1. The van der Waals surface area contributed by atoms with Crippen molar-refractivity contribution in [2.24, 2.45) is 5.10 Å². The highest BCUT2D eigenvalue weighted by molar-refractivity contribution is 14.1. The summed E-state index contributed by atoms with van der Waals surface area (Å²) in [6, 6.07) is 29.0. The maximum absolute atomic E-state index is 12.6. The molecule has 38 heavy (non-hydrogen) atoms. The summed E-state index contributed by atoms with van der Waals surface area (Å²) in [4.78, 5) is 12.6. The van der Waals surface area contributed by atoms with Crippen LogP contribution < -0.4 is 10.7 Å². The van der Waals surface area contributed by atoms with Crippen molar-refractivity contribution in [3.63, 3.8) is 0 Å². The molecule has 0 aliphatic heterocycles. The molecule has 0 unspecified atom stereocenters. The van der Waals surface area contributed by atoms with E-state index < -0.39 is 0 Å². The molecule has 10 heteroatoms. The van der Waals surface area contributed by atoms with Gasteiger partial charge < -0.3 is 10.4 Å². The zero-order valence-electron chi connectivity index (χ0n) is 20.1. The molecule has 0 bridgehead atoms. The summed E-state index contributed by atoms with van der Waals surface area (Å²) in [5.41, 5.74) is 4.97. The second kappa shape index (κ2) is 12.1. The number of phenols is 1. The van der Waals surface area contributed by atoms with Gasteiger partial charge in [-0.15, -0.1) is 10.2 Å². The number of fused-ring (bicyclic) bond motifs is 1. The number of carbonyl (C=O) groups is 1. The van der Waals surface area contributed by atoms with Crippen LogP contribution >= 0.6 is 34.4 Å². The summed E-state index contributed by atoms with van der Waals surface area (Å²) >= 11 is 3.55. The number of amides is 1. The number of hydrazone groups is 1. The van der Waals surface area contributed by atoms with Gasteiger partial charge in [-0.05, 0) is 75.8 Å². The van der Waals surface area contributed by atoms with E-state index in [9.17, 15) is 9.90 Å². The molecule has 0 radical (unpaired) electrons. The Morgan fingerprint density at radius 1 is 0.974 bits per heavy atom. The van der Waals surface area contributed by atoms with Gasteiger partial charge in [0, 0.05) is 20.5 Å². The largest absolute Gasteiger partial charge is 0.507 e. The SMILES string of the molecule is O=C(CSc1nnc(CNc2ccc(I)cc2)n1-c1ccccc1)NN=Cc1c(O)ccc2ccccc12. The Hall–Kier alpha value is -3.90. The molecule has 0 spiro atoms. The first-order chi connectivity index (χ1) is 18.6. The Kier molecular flexibility index (Phi) is 8.19. The van der Waals surface area contributed by atoms with E-state index >= 15 is 0 Å². The molecule has 0 atom stereocenters. The number of para-hydroxylation sites is 1. The lowest BCUT2D eigenvalue weighted by Gasteiger charge is -2.11.